The highest BCUT2D eigenvalue weighted by Gasteiger charge is 2.27. The Morgan fingerprint density at radius 3 is 2.81 bits per heavy atom. The van der Waals surface area contributed by atoms with E-state index in [0.717, 1.165) is 35.1 Å². The van der Waals surface area contributed by atoms with Gasteiger partial charge in [0.2, 0.25) is 0 Å². The predicted octanol–water partition coefficient (Wildman–Crippen LogP) is 4.79. The third-order valence-corrected chi connectivity index (χ3v) is 5.95. The Labute approximate surface area is 165 Å². The number of hydrogen-bond acceptors (Lipinski definition) is 4. The Hall–Kier alpha value is -2.12. The molecule has 1 aromatic carbocycles. The van der Waals surface area contributed by atoms with E-state index < -0.39 is 5.82 Å². The lowest BCUT2D eigenvalue weighted by Crippen LogP contribution is -2.07. The number of carbonyl (C=O) groups is 1. The van der Waals surface area contributed by atoms with E-state index in [2.05, 4.69) is 10.2 Å². The number of rotatable bonds is 6. The molecular weight excluding hydrogens is 387 g/mol. The molecule has 5 nitrogen and oxygen atoms in total. The first-order chi connectivity index (χ1) is 13.0. The standard InChI is InChI=1S/C19H18ClFN4OS/c1-11-7-15(12(2)25(11)14-5-6-17(21)16(20)8-14)18(26)9-27-19-23-22-10-24(19)13-3-4-13/h5-8,10,13H,3-4,9H2,1-2H3. The minimum atomic E-state index is -0.463. The van der Waals surface area contributed by atoms with Crippen LogP contribution in [0.25, 0.3) is 5.69 Å². The number of halogens is 2. The van der Waals surface area contributed by atoms with Crippen LogP contribution in [0.15, 0.2) is 35.7 Å². The quantitative estimate of drug-likeness (QED) is 0.438. The van der Waals surface area contributed by atoms with Crippen molar-refractivity contribution in [1.29, 1.82) is 0 Å². The van der Waals surface area contributed by atoms with Gasteiger partial charge >= 0.3 is 0 Å². The predicted molar refractivity (Wildman–Crippen MR) is 104 cm³/mol. The number of carbonyl (C=O) groups excluding carboxylic acids is 1. The lowest BCUT2D eigenvalue weighted by Gasteiger charge is -2.10. The molecule has 1 saturated carbocycles. The van der Waals surface area contributed by atoms with Crippen molar-refractivity contribution in [2.75, 3.05) is 5.75 Å². The van der Waals surface area contributed by atoms with Crippen molar-refractivity contribution in [3.8, 4) is 5.69 Å². The van der Waals surface area contributed by atoms with Crippen molar-refractivity contribution in [1.82, 2.24) is 19.3 Å². The van der Waals surface area contributed by atoms with Crippen LogP contribution in [0, 0.1) is 19.7 Å². The second kappa shape index (κ2) is 7.13. The maximum Gasteiger partial charge on any atom is 0.191 e. The molecule has 0 atom stereocenters. The summed E-state index contributed by atoms with van der Waals surface area (Å²) in [6, 6.07) is 6.89. The maximum absolute atomic E-state index is 13.5. The van der Waals surface area contributed by atoms with Crippen LogP contribution >= 0.6 is 23.4 Å². The molecule has 4 rings (SSSR count). The van der Waals surface area contributed by atoms with E-state index in [0.29, 0.717) is 17.4 Å². The van der Waals surface area contributed by atoms with Gasteiger partial charge in [-0.2, -0.15) is 0 Å². The van der Waals surface area contributed by atoms with Gasteiger partial charge in [-0.25, -0.2) is 4.39 Å². The molecule has 2 aromatic heterocycles. The Morgan fingerprint density at radius 2 is 2.11 bits per heavy atom. The van der Waals surface area contributed by atoms with Crippen LogP contribution in [0.5, 0.6) is 0 Å². The maximum atomic E-state index is 13.5. The lowest BCUT2D eigenvalue weighted by atomic mass is 10.2. The number of hydrogen-bond donors (Lipinski definition) is 0. The van der Waals surface area contributed by atoms with E-state index in [1.54, 1.807) is 18.5 Å². The summed E-state index contributed by atoms with van der Waals surface area (Å²) in [6.45, 7) is 3.80. The molecule has 1 aliphatic carbocycles. The Kier molecular flexibility index (Phi) is 4.82. The molecule has 2 heterocycles. The first-order valence-electron chi connectivity index (χ1n) is 8.65. The zero-order valence-electron chi connectivity index (χ0n) is 14.9. The summed E-state index contributed by atoms with van der Waals surface area (Å²) in [5.74, 6) is -0.145. The van der Waals surface area contributed by atoms with Crippen molar-refractivity contribution in [2.24, 2.45) is 0 Å². The summed E-state index contributed by atoms with van der Waals surface area (Å²) in [5, 5.41) is 8.92. The minimum absolute atomic E-state index is 0.0258. The number of ketones is 1. The topological polar surface area (TPSA) is 52.7 Å². The fraction of sp³-hybridized carbons (Fsp3) is 0.316. The first kappa shape index (κ1) is 18.3. The van der Waals surface area contributed by atoms with Crippen LogP contribution in [-0.4, -0.2) is 30.9 Å². The Bertz CT molecular complexity index is 1020. The van der Waals surface area contributed by atoms with Gasteiger partial charge in [-0.1, -0.05) is 23.4 Å². The molecule has 27 heavy (non-hydrogen) atoms. The molecule has 3 aromatic rings. The van der Waals surface area contributed by atoms with Crippen LogP contribution in [0.1, 0.15) is 40.6 Å². The van der Waals surface area contributed by atoms with Crippen molar-refractivity contribution in [3.05, 3.63) is 58.4 Å². The normalized spacial score (nSPS) is 13.9. The van der Waals surface area contributed by atoms with Crippen LogP contribution in [0.4, 0.5) is 4.39 Å². The smallest absolute Gasteiger partial charge is 0.191 e. The summed E-state index contributed by atoms with van der Waals surface area (Å²) >= 11 is 7.33. The monoisotopic (exact) mass is 404 g/mol. The summed E-state index contributed by atoms with van der Waals surface area (Å²) in [4.78, 5) is 12.8. The molecule has 0 spiro atoms. The van der Waals surface area contributed by atoms with Crippen molar-refractivity contribution >= 4 is 29.1 Å². The third kappa shape index (κ3) is 3.53. The van der Waals surface area contributed by atoms with Gasteiger partial charge in [0.1, 0.15) is 12.1 Å². The van der Waals surface area contributed by atoms with Crippen molar-refractivity contribution in [3.63, 3.8) is 0 Å². The summed E-state index contributed by atoms with van der Waals surface area (Å²) in [7, 11) is 0. The summed E-state index contributed by atoms with van der Waals surface area (Å²) in [5.41, 5.74) is 3.09. The van der Waals surface area contributed by atoms with Crippen LogP contribution in [0.2, 0.25) is 5.02 Å². The molecular formula is C19H18ClFN4OS. The molecule has 0 unspecified atom stereocenters. The SMILES string of the molecule is Cc1cc(C(=O)CSc2nncn2C2CC2)c(C)n1-c1ccc(F)c(Cl)c1. The highest BCUT2D eigenvalue weighted by atomic mass is 35.5. The van der Waals surface area contributed by atoms with Gasteiger partial charge in [0, 0.05) is 28.7 Å². The number of Topliss-reactive ketones (excluding diaryl/α,β-unsaturated/α-hetero) is 1. The van der Waals surface area contributed by atoms with Gasteiger partial charge in [-0.15, -0.1) is 10.2 Å². The van der Waals surface area contributed by atoms with E-state index in [-0.39, 0.29) is 10.8 Å². The van der Waals surface area contributed by atoms with Crippen molar-refractivity contribution < 1.29 is 9.18 Å². The van der Waals surface area contributed by atoms with Gasteiger partial charge in [0.05, 0.1) is 10.8 Å². The Balaban J connectivity index is 1.56. The van der Waals surface area contributed by atoms with Gasteiger partial charge in [0.15, 0.2) is 10.9 Å². The highest BCUT2D eigenvalue weighted by Crippen LogP contribution is 2.37. The number of benzene rings is 1. The van der Waals surface area contributed by atoms with E-state index >= 15 is 0 Å². The second-order valence-electron chi connectivity index (χ2n) is 6.68. The van der Waals surface area contributed by atoms with Gasteiger partial charge in [-0.05, 0) is 51.0 Å². The third-order valence-electron chi connectivity index (χ3n) is 4.71. The van der Waals surface area contributed by atoms with E-state index in [4.69, 9.17) is 11.6 Å². The van der Waals surface area contributed by atoms with Crippen molar-refractivity contribution in [2.45, 2.75) is 37.9 Å². The molecule has 0 bridgehead atoms. The minimum Gasteiger partial charge on any atom is -0.318 e. The fourth-order valence-corrected chi connectivity index (χ4v) is 4.25. The average Bonchev–Trinajstić information content (AvgIpc) is 3.30. The number of aromatic nitrogens is 4. The number of thioether (sulfide) groups is 1. The van der Waals surface area contributed by atoms with Gasteiger partial charge < -0.3 is 9.13 Å². The molecule has 1 aliphatic rings. The van der Waals surface area contributed by atoms with Gasteiger partial charge in [-0.3, -0.25) is 4.79 Å². The highest BCUT2D eigenvalue weighted by molar-refractivity contribution is 7.99. The van der Waals surface area contributed by atoms with E-state index in [1.165, 1.54) is 17.8 Å². The van der Waals surface area contributed by atoms with Crippen LogP contribution in [0.3, 0.4) is 0 Å². The molecule has 0 aliphatic heterocycles. The second-order valence-corrected chi connectivity index (χ2v) is 8.03. The average molecular weight is 405 g/mol. The molecule has 0 amide bonds. The zero-order chi connectivity index (χ0) is 19.1. The number of aryl methyl sites for hydroxylation is 1. The van der Waals surface area contributed by atoms with Crippen LogP contribution in [-0.2, 0) is 0 Å². The lowest BCUT2D eigenvalue weighted by molar-refractivity contribution is 0.102. The molecule has 0 N–H and O–H groups in total. The zero-order valence-corrected chi connectivity index (χ0v) is 16.5. The van der Waals surface area contributed by atoms with Gasteiger partial charge in [0.25, 0.3) is 0 Å². The van der Waals surface area contributed by atoms with E-state index in [1.807, 2.05) is 29.0 Å². The molecule has 140 valence electrons. The van der Waals surface area contributed by atoms with Crippen LogP contribution < -0.4 is 0 Å². The first-order valence-corrected chi connectivity index (χ1v) is 10.0. The Morgan fingerprint density at radius 1 is 1.33 bits per heavy atom. The number of nitrogens with zero attached hydrogens (tertiary/aromatic N) is 4. The molecule has 0 radical (unpaired) electrons. The van der Waals surface area contributed by atoms with E-state index in [9.17, 15) is 9.18 Å². The summed E-state index contributed by atoms with van der Waals surface area (Å²) in [6.07, 6.45) is 4.01. The largest absolute Gasteiger partial charge is 0.318 e. The summed E-state index contributed by atoms with van der Waals surface area (Å²) < 4.78 is 17.4. The molecule has 1 fully saturated rings. The fourth-order valence-electron chi connectivity index (χ4n) is 3.21. The molecule has 8 heteroatoms. The molecule has 0 saturated heterocycles.